The second-order valence-electron chi connectivity index (χ2n) is 7.36. The zero-order chi connectivity index (χ0) is 17.1. The maximum atomic E-state index is 6.12. The molecule has 4 rings (SSSR count). The summed E-state index contributed by atoms with van der Waals surface area (Å²) in [4.78, 5) is 0. The molecule has 0 radical (unpaired) electrons. The van der Waals surface area contributed by atoms with E-state index in [0.29, 0.717) is 6.10 Å². The summed E-state index contributed by atoms with van der Waals surface area (Å²) in [6, 6.07) is 8.67. The summed E-state index contributed by atoms with van der Waals surface area (Å²) in [5.41, 5.74) is 1.25. The zero-order valence-corrected chi connectivity index (χ0v) is 15.1. The van der Waals surface area contributed by atoms with Gasteiger partial charge in [0.1, 0.15) is 17.4 Å². The van der Waals surface area contributed by atoms with Gasteiger partial charge in [0.15, 0.2) is 0 Å². The Kier molecular flexibility index (Phi) is 5.02. The van der Waals surface area contributed by atoms with Crippen LogP contribution in [0.1, 0.15) is 68.7 Å². The Morgan fingerprint density at radius 1 is 1.20 bits per heavy atom. The van der Waals surface area contributed by atoms with Crippen LogP contribution in [0.2, 0.25) is 0 Å². The maximum absolute atomic E-state index is 6.12. The van der Waals surface area contributed by atoms with E-state index >= 15 is 0 Å². The van der Waals surface area contributed by atoms with Crippen molar-refractivity contribution >= 4 is 0 Å². The zero-order valence-electron chi connectivity index (χ0n) is 15.1. The van der Waals surface area contributed by atoms with E-state index in [1.165, 1.54) is 44.1 Å². The molecule has 1 atom stereocenters. The Morgan fingerprint density at radius 3 is 2.96 bits per heavy atom. The molecule has 2 aromatic rings. The molecule has 2 aliphatic rings. The number of rotatable bonds is 6. The van der Waals surface area contributed by atoms with Gasteiger partial charge in [-0.25, -0.2) is 0 Å². The second kappa shape index (κ2) is 7.56. The Balaban J connectivity index is 1.36. The molecular weight excluding hydrogens is 312 g/mol. The van der Waals surface area contributed by atoms with E-state index < -0.39 is 0 Å². The lowest BCUT2D eigenvalue weighted by molar-refractivity contribution is 0.210. The molecule has 1 fully saturated rings. The quantitative estimate of drug-likeness (QED) is 0.869. The standard InChI is InChI=1S/C20H28N4O/c1-15(20-23-22-19-11-4-5-12-24(19)20)21-14-16-7-6-10-18(13-16)25-17-8-2-3-9-17/h6-7,10,13,15,17,21H,2-5,8-9,11-12,14H2,1H3. The predicted octanol–water partition coefficient (Wildman–Crippen LogP) is 3.79. The Bertz CT molecular complexity index is 705. The second-order valence-corrected chi connectivity index (χ2v) is 7.36. The van der Waals surface area contributed by atoms with Crippen LogP contribution in [0, 0.1) is 0 Å². The summed E-state index contributed by atoms with van der Waals surface area (Å²) in [5.74, 6) is 3.20. The molecule has 25 heavy (non-hydrogen) atoms. The van der Waals surface area contributed by atoms with Crippen molar-refractivity contribution in [3.8, 4) is 5.75 Å². The minimum atomic E-state index is 0.193. The number of nitrogens with zero attached hydrogens (tertiary/aromatic N) is 3. The molecule has 1 saturated carbocycles. The van der Waals surface area contributed by atoms with Gasteiger partial charge in [0.2, 0.25) is 0 Å². The molecule has 0 saturated heterocycles. The van der Waals surface area contributed by atoms with Crippen molar-refractivity contribution in [1.82, 2.24) is 20.1 Å². The lowest BCUT2D eigenvalue weighted by Crippen LogP contribution is -2.23. The Morgan fingerprint density at radius 2 is 2.08 bits per heavy atom. The van der Waals surface area contributed by atoms with Gasteiger partial charge in [-0.3, -0.25) is 0 Å². The first kappa shape index (κ1) is 16.6. The number of nitrogens with one attached hydrogen (secondary N) is 1. The molecule has 1 unspecified atom stereocenters. The summed E-state index contributed by atoms with van der Waals surface area (Å²) < 4.78 is 8.41. The lowest BCUT2D eigenvalue weighted by atomic mass is 10.1. The third-order valence-corrected chi connectivity index (χ3v) is 5.39. The van der Waals surface area contributed by atoms with E-state index in [1.54, 1.807) is 0 Å². The molecule has 1 aromatic heterocycles. The van der Waals surface area contributed by atoms with Crippen LogP contribution in [0.15, 0.2) is 24.3 Å². The van der Waals surface area contributed by atoms with Crippen LogP contribution in [0.5, 0.6) is 5.75 Å². The van der Waals surface area contributed by atoms with E-state index in [1.807, 2.05) is 0 Å². The van der Waals surface area contributed by atoms with Crippen LogP contribution in [0.25, 0.3) is 0 Å². The van der Waals surface area contributed by atoms with Gasteiger partial charge in [-0.1, -0.05) is 12.1 Å². The van der Waals surface area contributed by atoms with Crippen molar-refractivity contribution < 1.29 is 4.74 Å². The highest BCUT2D eigenvalue weighted by atomic mass is 16.5. The minimum absolute atomic E-state index is 0.193. The van der Waals surface area contributed by atoms with Crippen molar-refractivity contribution in [1.29, 1.82) is 0 Å². The van der Waals surface area contributed by atoms with E-state index in [0.717, 1.165) is 36.9 Å². The predicted molar refractivity (Wildman–Crippen MR) is 97.5 cm³/mol. The van der Waals surface area contributed by atoms with Crippen LogP contribution in [-0.2, 0) is 19.5 Å². The lowest BCUT2D eigenvalue weighted by Gasteiger charge is -2.19. The van der Waals surface area contributed by atoms with Crippen molar-refractivity contribution in [2.75, 3.05) is 0 Å². The molecule has 1 N–H and O–H groups in total. The van der Waals surface area contributed by atoms with Crippen molar-refractivity contribution in [3.63, 3.8) is 0 Å². The average Bonchev–Trinajstić information content (AvgIpc) is 3.29. The first-order chi connectivity index (χ1) is 12.3. The molecule has 5 nitrogen and oxygen atoms in total. The van der Waals surface area contributed by atoms with Crippen LogP contribution < -0.4 is 10.1 Å². The molecule has 1 aliphatic carbocycles. The number of benzene rings is 1. The number of hydrogen-bond donors (Lipinski definition) is 1. The minimum Gasteiger partial charge on any atom is -0.490 e. The fourth-order valence-electron chi connectivity index (χ4n) is 3.94. The molecule has 134 valence electrons. The maximum Gasteiger partial charge on any atom is 0.149 e. The van der Waals surface area contributed by atoms with Crippen LogP contribution in [-0.4, -0.2) is 20.9 Å². The molecule has 0 amide bonds. The third kappa shape index (κ3) is 3.87. The highest BCUT2D eigenvalue weighted by Gasteiger charge is 2.20. The van der Waals surface area contributed by atoms with Gasteiger partial charge >= 0.3 is 0 Å². The van der Waals surface area contributed by atoms with Gasteiger partial charge in [-0.15, -0.1) is 10.2 Å². The Labute approximate surface area is 149 Å². The summed E-state index contributed by atoms with van der Waals surface area (Å²) in [6.07, 6.45) is 8.90. The van der Waals surface area contributed by atoms with Crippen molar-refractivity contribution in [2.45, 2.75) is 77.1 Å². The molecule has 5 heteroatoms. The number of hydrogen-bond acceptors (Lipinski definition) is 4. The summed E-state index contributed by atoms with van der Waals surface area (Å²) >= 11 is 0. The summed E-state index contributed by atoms with van der Waals surface area (Å²) in [5, 5.41) is 12.4. The molecule has 2 heterocycles. The largest absolute Gasteiger partial charge is 0.490 e. The van der Waals surface area contributed by atoms with Gasteiger partial charge in [0.25, 0.3) is 0 Å². The molecular formula is C20H28N4O. The fourth-order valence-corrected chi connectivity index (χ4v) is 3.94. The third-order valence-electron chi connectivity index (χ3n) is 5.39. The van der Waals surface area contributed by atoms with Crippen LogP contribution in [0.4, 0.5) is 0 Å². The molecule has 0 bridgehead atoms. The molecule has 0 spiro atoms. The van der Waals surface area contributed by atoms with Crippen molar-refractivity contribution in [3.05, 3.63) is 41.5 Å². The number of aromatic nitrogens is 3. The molecule has 1 aliphatic heterocycles. The van der Waals surface area contributed by atoms with Gasteiger partial charge in [0.05, 0.1) is 12.1 Å². The first-order valence-corrected chi connectivity index (χ1v) is 9.70. The summed E-state index contributed by atoms with van der Waals surface area (Å²) in [7, 11) is 0. The summed E-state index contributed by atoms with van der Waals surface area (Å²) in [6.45, 7) is 4.03. The SMILES string of the molecule is CC(NCc1cccc(OC2CCCC2)c1)c1nnc2n1CCCC2. The van der Waals surface area contributed by atoms with Gasteiger partial charge < -0.3 is 14.6 Å². The van der Waals surface area contributed by atoms with Crippen LogP contribution in [0.3, 0.4) is 0 Å². The van der Waals surface area contributed by atoms with E-state index in [-0.39, 0.29) is 6.04 Å². The van der Waals surface area contributed by atoms with E-state index in [9.17, 15) is 0 Å². The fraction of sp³-hybridized carbons (Fsp3) is 0.600. The first-order valence-electron chi connectivity index (χ1n) is 9.70. The van der Waals surface area contributed by atoms with E-state index in [2.05, 4.69) is 51.3 Å². The highest BCUT2D eigenvalue weighted by molar-refractivity contribution is 5.28. The number of aryl methyl sites for hydroxylation is 1. The van der Waals surface area contributed by atoms with Crippen LogP contribution >= 0.6 is 0 Å². The topological polar surface area (TPSA) is 52.0 Å². The normalized spacial score (nSPS) is 18.9. The van der Waals surface area contributed by atoms with Gasteiger partial charge in [0, 0.05) is 19.5 Å². The monoisotopic (exact) mass is 340 g/mol. The number of ether oxygens (including phenoxy) is 1. The van der Waals surface area contributed by atoms with Gasteiger partial charge in [-0.05, 0) is 63.1 Å². The average molecular weight is 340 g/mol. The Hall–Kier alpha value is -1.88. The van der Waals surface area contributed by atoms with Gasteiger partial charge in [-0.2, -0.15) is 0 Å². The highest BCUT2D eigenvalue weighted by Crippen LogP contribution is 2.25. The van der Waals surface area contributed by atoms with E-state index in [4.69, 9.17) is 4.74 Å². The molecule has 1 aromatic carbocycles. The van der Waals surface area contributed by atoms with Crippen molar-refractivity contribution in [2.24, 2.45) is 0 Å². The number of fused-ring (bicyclic) bond motifs is 1. The smallest absolute Gasteiger partial charge is 0.149 e.